The van der Waals surface area contributed by atoms with Gasteiger partial charge in [0.25, 0.3) is 12.1 Å². The van der Waals surface area contributed by atoms with Crippen molar-refractivity contribution in [2.24, 2.45) is 14.1 Å². The van der Waals surface area contributed by atoms with Gasteiger partial charge in [-0.25, -0.2) is 4.79 Å². The van der Waals surface area contributed by atoms with Crippen molar-refractivity contribution in [3.63, 3.8) is 0 Å². The highest BCUT2D eigenvalue weighted by atomic mass is 16.6. The topological polar surface area (TPSA) is 111 Å². The Balaban J connectivity index is 1.94. The fourth-order valence-corrected chi connectivity index (χ4v) is 2.73. The predicted molar refractivity (Wildman–Crippen MR) is 87.1 cm³/mol. The minimum absolute atomic E-state index is 0.158. The van der Waals surface area contributed by atoms with E-state index in [9.17, 15) is 24.5 Å². The summed E-state index contributed by atoms with van der Waals surface area (Å²) in [6, 6.07) is 1.44. The second kappa shape index (κ2) is 7.39. The van der Waals surface area contributed by atoms with Gasteiger partial charge in [0.15, 0.2) is 0 Å². The normalized spacial score (nSPS) is 15.5. The molecule has 1 fully saturated rings. The van der Waals surface area contributed by atoms with Gasteiger partial charge >= 0.3 is 5.69 Å². The van der Waals surface area contributed by atoms with Crippen LogP contribution in [-0.4, -0.2) is 64.0 Å². The van der Waals surface area contributed by atoms with Gasteiger partial charge in [-0.2, -0.15) is 0 Å². The Morgan fingerprint density at radius 2 is 1.79 bits per heavy atom. The van der Waals surface area contributed by atoms with E-state index in [1.165, 1.54) is 17.7 Å². The Hall–Kier alpha value is -2.49. The molecule has 2 rings (SSSR count). The van der Waals surface area contributed by atoms with Crippen molar-refractivity contribution in [1.82, 2.24) is 14.0 Å². The smallest absolute Gasteiger partial charge is 0.332 e. The number of carbonyl (C=O) groups is 1. The van der Waals surface area contributed by atoms with Crippen LogP contribution in [-0.2, 0) is 18.9 Å². The van der Waals surface area contributed by atoms with Gasteiger partial charge < -0.3 is 4.90 Å². The summed E-state index contributed by atoms with van der Waals surface area (Å²) in [7, 11) is 3.06. The lowest BCUT2D eigenvalue weighted by Crippen LogP contribution is -2.49. The van der Waals surface area contributed by atoms with Crippen LogP contribution in [0, 0.1) is 10.1 Å². The molecule has 0 aliphatic carbocycles. The summed E-state index contributed by atoms with van der Waals surface area (Å²) >= 11 is 0. The van der Waals surface area contributed by atoms with Crippen LogP contribution in [0.15, 0.2) is 15.7 Å². The zero-order valence-electron chi connectivity index (χ0n) is 13.8. The number of aromatic nitrogens is 2. The molecule has 0 amide bonds. The number of hydrogen-bond donors (Lipinski definition) is 0. The number of piperazine rings is 1. The van der Waals surface area contributed by atoms with Crippen molar-refractivity contribution in [3.8, 4) is 0 Å². The van der Waals surface area contributed by atoms with E-state index in [0.29, 0.717) is 38.5 Å². The molecule has 1 saturated heterocycles. The number of ketones is 1. The van der Waals surface area contributed by atoms with Crippen LogP contribution in [0.5, 0.6) is 0 Å². The number of rotatable bonds is 6. The average molecular weight is 339 g/mol. The van der Waals surface area contributed by atoms with Crippen LogP contribution >= 0.6 is 0 Å². The van der Waals surface area contributed by atoms with Gasteiger partial charge in [0.05, 0.1) is 0 Å². The van der Waals surface area contributed by atoms with Gasteiger partial charge in [-0.3, -0.25) is 33.7 Å². The van der Waals surface area contributed by atoms with Crippen molar-refractivity contribution >= 4 is 11.6 Å². The van der Waals surface area contributed by atoms with Crippen LogP contribution in [0.25, 0.3) is 0 Å². The fourth-order valence-electron chi connectivity index (χ4n) is 2.73. The second-order valence-electron chi connectivity index (χ2n) is 5.85. The van der Waals surface area contributed by atoms with Crippen LogP contribution < -0.4 is 16.1 Å². The van der Waals surface area contributed by atoms with E-state index in [2.05, 4.69) is 0 Å². The first kappa shape index (κ1) is 17.9. The fraction of sp³-hybridized carbons (Fsp3) is 0.643. The van der Waals surface area contributed by atoms with Gasteiger partial charge in [0.1, 0.15) is 5.82 Å². The highest BCUT2D eigenvalue weighted by molar-refractivity contribution is 5.79. The molecule has 2 heterocycles. The molecule has 0 aromatic carbocycles. The monoisotopic (exact) mass is 339 g/mol. The van der Waals surface area contributed by atoms with E-state index in [1.807, 2.05) is 9.80 Å². The van der Waals surface area contributed by atoms with E-state index in [4.69, 9.17) is 0 Å². The molecule has 10 heteroatoms. The molecule has 0 saturated carbocycles. The van der Waals surface area contributed by atoms with Gasteiger partial charge in [0.2, 0.25) is 5.78 Å². The summed E-state index contributed by atoms with van der Waals surface area (Å²) in [5.74, 6) is 0.198. The summed E-state index contributed by atoms with van der Waals surface area (Å²) in [6.45, 7) is 2.41. The third-order valence-corrected chi connectivity index (χ3v) is 4.21. The summed E-state index contributed by atoms with van der Waals surface area (Å²) in [4.78, 5) is 48.8. The van der Waals surface area contributed by atoms with Crippen LogP contribution in [0.4, 0.5) is 5.82 Å². The molecule has 0 radical (unpaired) electrons. The number of anilines is 1. The third-order valence-electron chi connectivity index (χ3n) is 4.21. The first-order valence-electron chi connectivity index (χ1n) is 7.67. The standard InChI is InChI=1S/C14H21N5O5/c1-15-12(9-13(21)16(2)14(15)22)18-7-5-17(6-8-18)4-3-11(20)10-19(23)24/h9H,3-8,10H2,1-2H3. The van der Waals surface area contributed by atoms with E-state index in [-0.39, 0.29) is 23.5 Å². The number of nitro groups is 1. The van der Waals surface area contributed by atoms with Crippen molar-refractivity contribution < 1.29 is 9.72 Å². The van der Waals surface area contributed by atoms with E-state index < -0.39 is 11.5 Å². The summed E-state index contributed by atoms with van der Waals surface area (Å²) in [6.07, 6.45) is 0.158. The molecule has 10 nitrogen and oxygen atoms in total. The van der Waals surface area contributed by atoms with Crippen molar-refractivity contribution in [2.45, 2.75) is 6.42 Å². The summed E-state index contributed by atoms with van der Waals surface area (Å²) in [5.41, 5.74) is -0.716. The van der Waals surface area contributed by atoms with Crippen molar-refractivity contribution in [2.75, 3.05) is 44.2 Å². The first-order chi connectivity index (χ1) is 11.3. The number of hydrogen-bond acceptors (Lipinski definition) is 7. The van der Waals surface area contributed by atoms with Gasteiger partial charge in [-0.05, 0) is 0 Å². The van der Waals surface area contributed by atoms with E-state index in [0.717, 1.165) is 4.57 Å². The molecule has 1 aliphatic rings. The summed E-state index contributed by atoms with van der Waals surface area (Å²) < 4.78 is 2.50. The lowest BCUT2D eigenvalue weighted by Gasteiger charge is -2.36. The molecule has 0 atom stereocenters. The quantitative estimate of drug-likeness (QED) is 0.455. The number of Topliss-reactive ketones (excluding diaryl/α,β-unsaturated/α-hetero) is 1. The minimum atomic E-state index is -0.630. The highest BCUT2D eigenvalue weighted by Gasteiger charge is 2.21. The molecule has 0 bridgehead atoms. The maximum atomic E-state index is 12.0. The van der Waals surface area contributed by atoms with Gasteiger partial charge in [-0.15, -0.1) is 0 Å². The SMILES string of the molecule is Cn1c(N2CCN(CCC(=O)C[N+](=O)[O-])CC2)cc(=O)n(C)c1=O. The van der Waals surface area contributed by atoms with Crippen LogP contribution in [0.1, 0.15) is 6.42 Å². The van der Waals surface area contributed by atoms with Crippen LogP contribution in [0.3, 0.4) is 0 Å². The molecule has 24 heavy (non-hydrogen) atoms. The van der Waals surface area contributed by atoms with Gasteiger partial charge in [0, 0.05) is 64.2 Å². The maximum Gasteiger partial charge on any atom is 0.332 e. The Bertz CT molecular complexity index is 745. The lowest BCUT2D eigenvalue weighted by atomic mass is 10.2. The summed E-state index contributed by atoms with van der Waals surface area (Å²) in [5, 5.41) is 10.3. The Morgan fingerprint density at radius 3 is 2.38 bits per heavy atom. The molecule has 0 unspecified atom stereocenters. The van der Waals surface area contributed by atoms with Crippen LogP contribution in [0.2, 0.25) is 0 Å². The average Bonchev–Trinajstić information content (AvgIpc) is 2.54. The number of nitrogens with zero attached hydrogens (tertiary/aromatic N) is 5. The third kappa shape index (κ3) is 4.07. The van der Waals surface area contributed by atoms with Crippen molar-refractivity contribution in [1.29, 1.82) is 0 Å². The van der Waals surface area contributed by atoms with Gasteiger partial charge in [-0.1, -0.05) is 0 Å². The lowest BCUT2D eigenvalue weighted by molar-refractivity contribution is -0.467. The molecule has 132 valence electrons. The molecule has 0 N–H and O–H groups in total. The maximum absolute atomic E-state index is 12.0. The van der Waals surface area contributed by atoms with E-state index >= 15 is 0 Å². The molecular weight excluding hydrogens is 318 g/mol. The Kier molecular flexibility index (Phi) is 5.50. The molecule has 1 aromatic rings. The van der Waals surface area contributed by atoms with E-state index in [1.54, 1.807) is 7.05 Å². The first-order valence-corrected chi connectivity index (χ1v) is 7.67. The predicted octanol–water partition coefficient (Wildman–Crippen LogP) is -1.56. The highest BCUT2D eigenvalue weighted by Crippen LogP contribution is 2.12. The largest absolute Gasteiger partial charge is 0.355 e. The number of carbonyl (C=O) groups excluding carboxylic acids is 1. The molecular formula is C14H21N5O5. The molecule has 0 spiro atoms. The van der Waals surface area contributed by atoms with Crippen molar-refractivity contribution in [3.05, 3.63) is 37.0 Å². The Morgan fingerprint density at radius 1 is 1.17 bits per heavy atom. The zero-order valence-corrected chi connectivity index (χ0v) is 13.8. The zero-order chi connectivity index (χ0) is 17.9. The molecule has 1 aromatic heterocycles. The minimum Gasteiger partial charge on any atom is -0.355 e. The molecule has 1 aliphatic heterocycles. The Labute approximate surface area is 138 Å². The second-order valence-corrected chi connectivity index (χ2v) is 5.85.